The van der Waals surface area contributed by atoms with Crippen LogP contribution in [0.25, 0.3) is 10.9 Å². The molecular formula is C67H92F2N12O14S. The number of rotatable bonds is 33. The van der Waals surface area contributed by atoms with Crippen LogP contribution in [-0.2, 0) is 49.6 Å². The normalized spacial score (nSPS) is 19.4. The van der Waals surface area contributed by atoms with Crippen LogP contribution >= 0.6 is 11.8 Å². The van der Waals surface area contributed by atoms with Gasteiger partial charge >= 0.3 is 17.9 Å². The number of imide groups is 1. The molecule has 2 aromatic carbocycles. The highest BCUT2D eigenvalue weighted by Gasteiger charge is 2.47. The minimum absolute atomic E-state index is 0.0614. The van der Waals surface area contributed by atoms with Gasteiger partial charge in [0.25, 0.3) is 11.8 Å². The van der Waals surface area contributed by atoms with Gasteiger partial charge in [-0.15, -0.1) is 11.8 Å². The van der Waals surface area contributed by atoms with Crippen molar-refractivity contribution in [3.8, 4) is 11.8 Å². The highest BCUT2D eigenvalue weighted by molar-refractivity contribution is 8.00. The van der Waals surface area contributed by atoms with Crippen molar-refractivity contribution in [2.45, 2.75) is 121 Å². The monoisotopic (exact) mass is 1360 g/mol. The van der Waals surface area contributed by atoms with Gasteiger partial charge in [0.05, 0.1) is 74.2 Å². The number of carboxylic acid groups (broad SMARTS) is 3. The number of hydrogen-bond donors (Lipinski definition) is 6. The number of alkyl halides is 2. The van der Waals surface area contributed by atoms with Crippen LogP contribution in [0.3, 0.4) is 0 Å². The molecule has 4 atom stereocenters. The molecular weight excluding hydrogens is 1270 g/mol. The zero-order valence-corrected chi connectivity index (χ0v) is 55.8. The van der Waals surface area contributed by atoms with Gasteiger partial charge in [0, 0.05) is 121 Å². The van der Waals surface area contributed by atoms with Crippen molar-refractivity contribution in [3.05, 3.63) is 71.4 Å². The smallest absolute Gasteiger partial charge is 0.317 e. The summed E-state index contributed by atoms with van der Waals surface area (Å²) in [4.78, 5) is 145. The summed E-state index contributed by atoms with van der Waals surface area (Å²) in [6.45, 7) is 4.80. The number of carbonyl (C=O) groups excluding carboxylic acids is 7. The van der Waals surface area contributed by atoms with Crippen LogP contribution < -0.4 is 20.7 Å². The van der Waals surface area contributed by atoms with E-state index in [0.717, 1.165) is 54.6 Å². The van der Waals surface area contributed by atoms with E-state index in [-0.39, 0.29) is 121 Å². The Morgan fingerprint density at radius 3 is 2.01 bits per heavy atom. The molecule has 2 unspecified atom stereocenters. The molecule has 4 saturated heterocycles. The number of thioether (sulfide) groups is 1. The van der Waals surface area contributed by atoms with Crippen molar-refractivity contribution < 1.29 is 76.8 Å². The number of ether oxygens (including phenoxy) is 1. The van der Waals surface area contributed by atoms with E-state index in [9.17, 15) is 77.3 Å². The number of carbonyl (C=O) groups is 10. The number of pyridine rings is 1. The zero-order chi connectivity index (χ0) is 69.3. The molecule has 7 amide bonds. The number of hydrogen-bond acceptors (Lipinski definition) is 18. The Balaban J connectivity index is 0.865. The molecule has 6 N–H and O–H groups in total. The number of amides is 7. The topological polar surface area (TPSA) is 336 Å². The quantitative estimate of drug-likeness (QED) is 0.0375. The average Bonchev–Trinajstić information content (AvgIpc) is 1.34. The van der Waals surface area contributed by atoms with Gasteiger partial charge in [-0.25, -0.2) is 8.78 Å². The number of nitrogens with zero attached hydrogens (tertiary/aromatic N) is 9. The number of halogens is 2. The summed E-state index contributed by atoms with van der Waals surface area (Å²) in [7, 11) is 0. The van der Waals surface area contributed by atoms with Crippen molar-refractivity contribution in [2.75, 3.05) is 130 Å². The van der Waals surface area contributed by atoms with E-state index in [2.05, 4.69) is 33.1 Å². The van der Waals surface area contributed by atoms with Crippen LogP contribution in [0.1, 0.15) is 105 Å². The average molecular weight is 1360 g/mol. The maximum atomic E-state index is 14.1. The molecule has 0 spiro atoms. The number of aryl methyl sites for hydroxylation is 2. The third-order valence-electron chi connectivity index (χ3n) is 17.9. The summed E-state index contributed by atoms with van der Waals surface area (Å²) < 4.78 is 33.9. The number of fused-ring (bicyclic) bond motifs is 1. The molecule has 524 valence electrons. The van der Waals surface area contributed by atoms with Crippen molar-refractivity contribution in [3.63, 3.8) is 0 Å². The van der Waals surface area contributed by atoms with Crippen LogP contribution in [0.4, 0.5) is 8.78 Å². The molecule has 0 saturated carbocycles. The number of carboxylic acids is 3. The molecule has 1 aromatic heterocycles. The van der Waals surface area contributed by atoms with E-state index in [0.29, 0.717) is 80.9 Å². The molecule has 5 heterocycles. The Labute approximate surface area is 562 Å². The maximum Gasteiger partial charge on any atom is 0.317 e. The maximum absolute atomic E-state index is 14.1. The second kappa shape index (κ2) is 37.6. The standard InChI is InChI=1S/C67H92F2N12O14S/c1-46-12-14-48(15-13-46)9-7-11-57(82)72-21-5-3-10-50(74-58(83)40-75-25-27-76(41-61(86)87)29-31-78(43-63(90)91)32-30-77(28-26-75)42-62(88)89)44-96-56-35-59(84)80(66(56)94)39-47(2)65(93)79-23-19-49(20-24-79)8-4-6-33-95-52-16-17-55-54(34-52)53(18-22-71-55)64(92)73-38-60(85)81-45-67(68,69)36-51(81)37-70/h12-18,22,34,47,49-51,56H,3-11,19-21,23-33,35-36,38-45H2,1-2H3,(H,72,82)(H,73,92)(H,74,83)(H,86,87)(H,88,89)(H,90,91)/t47-,50?,51-,56?/m1/s1. The second-order valence-corrected chi connectivity index (χ2v) is 26.8. The lowest BCUT2D eigenvalue weighted by Gasteiger charge is -2.34. The molecule has 0 bridgehead atoms. The molecule has 0 radical (unpaired) electrons. The summed E-state index contributed by atoms with van der Waals surface area (Å²) >= 11 is 1.26. The van der Waals surface area contributed by atoms with Crippen molar-refractivity contribution in [1.29, 1.82) is 5.26 Å². The Kier molecular flexibility index (Phi) is 29.5. The number of aromatic nitrogens is 1. The summed E-state index contributed by atoms with van der Waals surface area (Å²) in [5.41, 5.74) is 3.03. The second-order valence-electron chi connectivity index (χ2n) is 25.6. The first-order valence-electron chi connectivity index (χ1n) is 33.2. The summed E-state index contributed by atoms with van der Waals surface area (Å²) in [5.74, 6) is -8.70. The van der Waals surface area contributed by atoms with E-state index in [1.54, 1.807) is 50.8 Å². The fourth-order valence-corrected chi connectivity index (χ4v) is 13.7. The van der Waals surface area contributed by atoms with Gasteiger partial charge < -0.3 is 45.8 Å². The number of unbranched alkanes of at least 4 members (excludes halogenated alkanes) is 2. The van der Waals surface area contributed by atoms with E-state index in [4.69, 9.17) is 4.74 Å². The van der Waals surface area contributed by atoms with Crippen LogP contribution in [0.15, 0.2) is 54.7 Å². The van der Waals surface area contributed by atoms with Gasteiger partial charge in [-0.05, 0) is 100 Å². The van der Waals surface area contributed by atoms with E-state index in [1.807, 2.05) is 24.0 Å². The molecule has 4 aliphatic rings. The van der Waals surface area contributed by atoms with Gasteiger partial charge in [0.1, 0.15) is 11.8 Å². The van der Waals surface area contributed by atoms with Crippen LogP contribution in [-0.4, -0.2) is 267 Å². The number of nitrogens with one attached hydrogen (secondary N) is 3. The number of aliphatic carboxylic acids is 3. The molecule has 4 aliphatic heterocycles. The SMILES string of the molecule is Cc1ccc(CCCC(=O)NCCCCC(CSC2CC(=O)N(C[C@@H](C)C(=O)N3CCC(CCCCOc4ccc5nccc(C(=O)NCC(=O)N6CC(F)(F)C[C@@H]6C#N)c5c4)CC3)C2=O)NC(=O)CN2CCN(CC(=O)O)CCN(CC(=O)O)CCN(CC(=O)O)CC2)cc1. The minimum Gasteiger partial charge on any atom is -0.494 e. The Morgan fingerprint density at radius 2 is 1.40 bits per heavy atom. The van der Waals surface area contributed by atoms with Gasteiger partial charge in [0.2, 0.25) is 35.4 Å². The summed E-state index contributed by atoms with van der Waals surface area (Å²) in [5, 5.41) is 46.6. The molecule has 3 aromatic rings. The van der Waals surface area contributed by atoms with Gasteiger partial charge in [-0.3, -0.25) is 77.4 Å². The Morgan fingerprint density at radius 1 is 0.771 bits per heavy atom. The van der Waals surface area contributed by atoms with E-state index < -0.39 is 90.2 Å². The third kappa shape index (κ3) is 24.6. The van der Waals surface area contributed by atoms with Crippen LogP contribution in [0, 0.1) is 30.1 Å². The van der Waals surface area contributed by atoms with Gasteiger partial charge in [-0.2, -0.15) is 5.26 Å². The first-order chi connectivity index (χ1) is 45.9. The molecule has 0 aliphatic carbocycles. The van der Waals surface area contributed by atoms with E-state index >= 15 is 0 Å². The Bertz CT molecular complexity index is 3190. The number of piperidine rings is 1. The van der Waals surface area contributed by atoms with Crippen molar-refractivity contribution in [1.82, 2.24) is 55.2 Å². The highest BCUT2D eigenvalue weighted by Crippen LogP contribution is 2.33. The third-order valence-corrected chi connectivity index (χ3v) is 19.3. The molecule has 96 heavy (non-hydrogen) atoms. The molecule has 4 fully saturated rings. The van der Waals surface area contributed by atoms with E-state index in [1.165, 1.54) is 28.9 Å². The number of benzene rings is 2. The lowest BCUT2D eigenvalue weighted by atomic mass is 9.91. The molecule has 7 rings (SSSR count). The fraction of sp³-hybridized carbons (Fsp3) is 0.612. The van der Waals surface area contributed by atoms with Crippen molar-refractivity contribution >= 4 is 81.9 Å². The largest absolute Gasteiger partial charge is 0.494 e. The number of likely N-dealkylation sites (tertiary alicyclic amines) is 3. The number of nitriles is 1. The first-order valence-corrected chi connectivity index (χ1v) is 34.2. The molecule has 26 nitrogen and oxygen atoms in total. The molecule has 29 heteroatoms. The summed E-state index contributed by atoms with van der Waals surface area (Å²) in [6, 6.07) is 14.8. The lowest BCUT2D eigenvalue weighted by molar-refractivity contribution is -0.143. The summed E-state index contributed by atoms with van der Waals surface area (Å²) in [6.07, 6.45) is 8.18. The van der Waals surface area contributed by atoms with Crippen molar-refractivity contribution in [2.24, 2.45) is 11.8 Å². The fourth-order valence-electron chi connectivity index (χ4n) is 12.5. The first kappa shape index (κ1) is 75.5. The van der Waals surface area contributed by atoms with Gasteiger partial charge in [-0.1, -0.05) is 43.2 Å². The van der Waals surface area contributed by atoms with Gasteiger partial charge in [0.15, 0.2) is 0 Å². The van der Waals surface area contributed by atoms with Crippen LogP contribution in [0.2, 0.25) is 0 Å². The lowest BCUT2D eigenvalue weighted by Crippen LogP contribution is -2.50. The Hall–Kier alpha value is -7.91. The van der Waals surface area contributed by atoms with Crippen LogP contribution in [0.5, 0.6) is 5.75 Å². The highest BCUT2D eigenvalue weighted by atomic mass is 32.2. The minimum atomic E-state index is -3.18. The predicted molar refractivity (Wildman–Crippen MR) is 352 cm³/mol. The zero-order valence-electron chi connectivity index (χ0n) is 54.9. The predicted octanol–water partition coefficient (Wildman–Crippen LogP) is 3.59.